The number of rotatable bonds is 2. The molecule has 0 aliphatic carbocycles. The Labute approximate surface area is 201 Å². The first-order chi connectivity index (χ1) is 17.3. The third kappa shape index (κ3) is 3.21. The van der Waals surface area contributed by atoms with E-state index in [2.05, 4.69) is 34.2 Å². The standard InChI is InChI=1S/C29H21N5O/c35-29(34-15-12-20(17-34)18-6-2-1-3-7-18)19-10-11-23-24(16-19)33-28-26-22(9-5-14-31-26)21-8-4-13-30-25(21)27(28)32-23/h1-11,13-14,16,20H,12,15,17H2/t20-/m1/s1. The van der Waals surface area contributed by atoms with Crippen molar-refractivity contribution >= 4 is 49.8 Å². The van der Waals surface area contributed by atoms with Crippen LogP contribution in [0, 0.1) is 0 Å². The molecule has 0 bridgehead atoms. The van der Waals surface area contributed by atoms with Crippen molar-refractivity contribution in [2.45, 2.75) is 12.3 Å². The lowest BCUT2D eigenvalue weighted by molar-refractivity contribution is 0.0791. The molecule has 3 aromatic heterocycles. The monoisotopic (exact) mass is 455 g/mol. The van der Waals surface area contributed by atoms with Crippen molar-refractivity contribution < 1.29 is 4.79 Å². The second-order valence-electron chi connectivity index (χ2n) is 9.07. The van der Waals surface area contributed by atoms with Crippen LogP contribution in [-0.4, -0.2) is 43.8 Å². The van der Waals surface area contributed by atoms with Gasteiger partial charge in [0.2, 0.25) is 0 Å². The average molecular weight is 456 g/mol. The van der Waals surface area contributed by atoms with Gasteiger partial charge >= 0.3 is 0 Å². The van der Waals surface area contributed by atoms with Crippen LogP contribution in [0.5, 0.6) is 0 Å². The van der Waals surface area contributed by atoms with Gasteiger partial charge in [-0.2, -0.15) is 0 Å². The van der Waals surface area contributed by atoms with Gasteiger partial charge in [-0.05, 0) is 42.3 Å². The molecule has 6 aromatic rings. The number of likely N-dealkylation sites (tertiary alicyclic amines) is 1. The summed E-state index contributed by atoms with van der Waals surface area (Å²) < 4.78 is 0. The van der Waals surface area contributed by atoms with Crippen LogP contribution in [0.4, 0.5) is 0 Å². The molecule has 4 heterocycles. The van der Waals surface area contributed by atoms with Gasteiger partial charge < -0.3 is 4.90 Å². The maximum Gasteiger partial charge on any atom is 0.253 e. The Morgan fingerprint density at radius 1 is 0.743 bits per heavy atom. The van der Waals surface area contributed by atoms with E-state index in [4.69, 9.17) is 9.97 Å². The van der Waals surface area contributed by atoms with Gasteiger partial charge in [-0.25, -0.2) is 9.97 Å². The van der Waals surface area contributed by atoms with Gasteiger partial charge in [0.15, 0.2) is 0 Å². The maximum atomic E-state index is 13.4. The Hall–Kier alpha value is -4.45. The molecule has 0 radical (unpaired) electrons. The van der Waals surface area contributed by atoms with Crippen molar-refractivity contribution in [3.8, 4) is 0 Å². The summed E-state index contributed by atoms with van der Waals surface area (Å²) in [5, 5.41) is 2.00. The van der Waals surface area contributed by atoms with Crippen LogP contribution >= 0.6 is 0 Å². The van der Waals surface area contributed by atoms with E-state index < -0.39 is 0 Å². The van der Waals surface area contributed by atoms with E-state index >= 15 is 0 Å². The number of hydrogen-bond donors (Lipinski definition) is 0. The van der Waals surface area contributed by atoms with Crippen molar-refractivity contribution in [1.82, 2.24) is 24.8 Å². The SMILES string of the molecule is O=C(c1ccc2nc3c4ncccc4c4cccnc4c3nc2c1)N1CC[C@@H](c2ccccc2)C1. The molecule has 0 unspecified atom stereocenters. The predicted octanol–water partition coefficient (Wildman–Crippen LogP) is 5.51. The van der Waals surface area contributed by atoms with Crippen molar-refractivity contribution in [2.24, 2.45) is 0 Å². The Morgan fingerprint density at radius 3 is 2.14 bits per heavy atom. The third-order valence-corrected chi connectivity index (χ3v) is 7.01. The molecule has 0 N–H and O–H groups in total. The molecule has 1 aliphatic rings. The van der Waals surface area contributed by atoms with Crippen LogP contribution < -0.4 is 0 Å². The molecule has 168 valence electrons. The number of amides is 1. The van der Waals surface area contributed by atoms with E-state index in [1.54, 1.807) is 12.4 Å². The summed E-state index contributed by atoms with van der Waals surface area (Å²) in [6, 6.07) is 24.0. The summed E-state index contributed by atoms with van der Waals surface area (Å²) >= 11 is 0. The van der Waals surface area contributed by atoms with Gasteiger partial charge in [0.05, 0.1) is 22.1 Å². The number of carbonyl (C=O) groups excluding carboxylic acids is 1. The van der Waals surface area contributed by atoms with Crippen LogP contribution in [0.15, 0.2) is 85.2 Å². The molecule has 6 heteroatoms. The lowest BCUT2D eigenvalue weighted by Gasteiger charge is -2.17. The predicted molar refractivity (Wildman–Crippen MR) is 137 cm³/mol. The highest BCUT2D eigenvalue weighted by Crippen LogP contribution is 2.32. The van der Waals surface area contributed by atoms with Gasteiger partial charge in [0.25, 0.3) is 5.91 Å². The van der Waals surface area contributed by atoms with Gasteiger partial charge in [-0.1, -0.05) is 42.5 Å². The molecule has 3 aromatic carbocycles. The first-order valence-corrected chi connectivity index (χ1v) is 11.8. The molecule has 7 rings (SSSR count). The largest absolute Gasteiger partial charge is 0.338 e. The highest BCUT2D eigenvalue weighted by atomic mass is 16.2. The quantitative estimate of drug-likeness (QED) is 0.254. The number of nitrogens with zero attached hydrogens (tertiary/aromatic N) is 5. The first-order valence-electron chi connectivity index (χ1n) is 11.8. The minimum Gasteiger partial charge on any atom is -0.338 e. The summed E-state index contributed by atoms with van der Waals surface area (Å²) in [4.78, 5) is 34.4. The van der Waals surface area contributed by atoms with Crippen molar-refractivity contribution in [3.63, 3.8) is 0 Å². The molecule has 1 aliphatic heterocycles. The van der Waals surface area contributed by atoms with Crippen LogP contribution in [0.1, 0.15) is 28.3 Å². The number of pyridine rings is 2. The molecule has 0 spiro atoms. The summed E-state index contributed by atoms with van der Waals surface area (Å²) in [5.41, 5.74) is 6.37. The van der Waals surface area contributed by atoms with E-state index in [0.717, 1.165) is 52.3 Å². The zero-order valence-corrected chi connectivity index (χ0v) is 18.9. The number of hydrogen-bond acceptors (Lipinski definition) is 5. The van der Waals surface area contributed by atoms with Crippen LogP contribution in [0.25, 0.3) is 43.9 Å². The highest BCUT2D eigenvalue weighted by molar-refractivity contribution is 6.21. The Kier molecular flexibility index (Phi) is 4.45. The Bertz CT molecular complexity index is 1770. The topological polar surface area (TPSA) is 71.9 Å². The second kappa shape index (κ2) is 7.81. The van der Waals surface area contributed by atoms with Gasteiger partial charge in [0, 0.05) is 47.7 Å². The molecule has 6 nitrogen and oxygen atoms in total. The number of carbonyl (C=O) groups is 1. The molecular weight excluding hydrogens is 434 g/mol. The van der Waals surface area contributed by atoms with Gasteiger partial charge in [-0.15, -0.1) is 0 Å². The smallest absolute Gasteiger partial charge is 0.253 e. The molecule has 1 saturated heterocycles. The van der Waals surface area contributed by atoms with E-state index in [1.807, 2.05) is 53.4 Å². The van der Waals surface area contributed by atoms with Crippen molar-refractivity contribution in [2.75, 3.05) is 13.1 Å². The minimum absolute atomic E-state index is 0.0374. The average Bonchev–Trinajstić information content (AvgIpc) is 3.43. The minimum atomic E-state index is 0.0374. The summed E-state index contributed by atoms with van der Waals surface area (Å²) in [5.74, 6) is 0.415. The molecule has 1 atom stereocenters. The second-order valence-corrected chi connectivity index (χ2v) is 9.07. The lowest BCUT2D eigenvalue weighted by atomic mass is 9.99. The summed E-state index contributed by atoms with van der Waals surface area (Å²) in [7, 11) is 0. The normalized spacial score (nSPS) is 16.0. The first kappa shape index (κ1) is 20.0. The zero-order valence-electron chi connectivity index (χ0n) is 18.9. The molecule has 1 amide bonds. The van der Waals surface area contributed by atoms with Crippen molar-refractivity contribution in [1.29, 1.82) is 0 Å². The van der Waals surface area contributed by atoms with E-state index in [1.165, 1.54) is 5.56 Å². The fraction of sp³-hybridized carbons (Fsp3) is 0.138. The van der Waals surface area contributed by atoms with Crippen LogP contribution in [-0.2, 0) is 0 Å². The maximum absolute atomic E-state index is 13.4. The van der Waals surface area contributed by atoms with E-state index in [9.17, 15) is 4.79 Å². The lowest BCUT2D eigenvalue weighted by Crippen LogP contribution is -2.28. The van der Waals surface area contributed by atoms with Gasteiger partial charge in [-0.3, -0.25) is 14.8 Å². The molecule has 35 heavy (non-hydrogen) atoms. The van der Waals surface area contributed by atoms with Gasteiger partial charge in [0.1, 0.15) is 11.0 Å². The summed E-state index contributed by atoms with van der Waals surface area (Å²) in [6.07, 6.45) is 4.52. The number of aromatic nitrogens is 4. The van der Waals surface area contributed by atoms with E-state index in [-0.39, 0.29) is 5.91 Å². The Morgan fingerprint density at radius 2 is 1.43 bits per heavy atom. The highest BCUT2D eigenvalue weighted by Gasteiger charge is 2.28. The molecule has 0 saturated carbocycles. The van der Waals surface area contributed by atoms with E-state index in [0.29, 0.717) is 22.5 Å². The third-order valence-electron chi connectivity index (χ3n) is 7.01. The fourth-order valence-electron chi connectivity index (χ4n) is 5.26. The Balaban J connectivity index is 1.32. The summed E-state index contributed by atoms with van der Waals surface area (Å²) in [6.45, 7) is 1.49. The van der Waals surface area contributed by atoms with Crippen LogP contribution in [0.3, 0.4) is 0 Å². The number of fused-ring (bicyclic) bond motifs is 7. The fourth-order valence-corrected chi connectivity index (χ4v) is 5.26. The van der Waals surface area contributed by atoms with Crippen LogP contribution in [0.2, 0.25) is 0 Å². The zero-order chi connectivity index (χ0) is 23.4. The van der Waals surface area contributed by atoms with Crippen molar-refractivity contribution in [3.05, 3.63) is 96.3 Å². The number of benzene rings is 3. The molecule has 1 fully saturated rings. The molecular formula is C29H21N5O.